The smallest absolute Gasteiger partial charge is 0.279 e. The summed E-state index contributed by atoms with van der Waals surface area (Å²) >= 11 is 1.15. The van der Waals surface area contributed by atoms with Crippen molar-refractivity contribution >= 4 is 27.0 Å². The van der Waals surface area contributed by atoms with Gasteiger partial charge in [-0.25, -0.2) is 22.2 Å². The SMILES string of the molecule is O=S(=O)(Nc1ccccc1-c1csc(-c2ccccc2F)n1)c1ccc(F)c(C(F)(F)F)c1. The zero-order valence-corrected chi connectivity index (χ0v) is 18.0. The minimum Gasteiger partial charge on any atom is -0.279 e. The number of nitrogens with one attached hydrogen (secondary N) is 1. The summed E-state index contributed by atoms with van der Waals surface area (Å²) in [5, 5.41) is 1.98. The molecular formula is C22H13F5N2O2S2. The number of alkyl halides is 3. The molecule has 4 rings (SSSR count). The summed E-state index contributed by atoms with van der Waals surface area (Å²) in [6.07, 6.45) is -5.06. The number of hydrogen-bond donors (Lipinski definition) is 1. The van der Waals surface area contributed by atoms with Gasteiger partial charge in [0.2, 0.25) is 0 Å². The van der Waals surface area contributed by atoms with Crippen LogP contribution in [0.3, 0.4) is 0 Å². The van der Waals surface area contributed by atoms with E-state index >= 15 is 0 Å². The maximum absolute atomic E-state index is 14.1. The molecule has 0 fully saturated rings. The van der Waals surface area contributed by atoms with Crippen molar-refractivity contribution < 1.29 is 30.4 Å². The third-order valence-electron chi connectivity index (χ3n) is 4.61. The number of aromatic nitrogens is 1. The molecule has 0 saturated carbocycles. The van der Waals surface area contributed by atoms with E-state index in [4.69, 9.17) is 0 Å². The first-order valence-corrected chi connectivity index (χ1v) is 11.6. The average molecular weight is 496 g/mol. The molecule has 0 saturated heterocycles. The number of rotatable bonds is 5. The molecule has 33 heavy (non-hydrogen) atoms. The van der Waals surface area contributed by atoms with Crippen LogP contribution in [0.4, 0.5) is 27.6 Å². The fourth-order valence-corrected chi connectivity index (χ4v) is 5.00. The molecule has 4 nitrogen and oxygen atoms in total. The molecule has 11 heteroatoms. The Balaban J connectivity index is 1.70. The van der Waals surface area contributed by atoms with Crippen LogP contribution in [0.5, 0.6) is 0 Å². The number of halogens is 5. The van der Waals surface area contributed by atoms with Crippen molar-refractivity contribution in [2.75, 3.05) is 4.72 Å². The molecule has 0 radical (unpaired) electrons. The molecule has 4 aromatic rings. The molecule has 0 unspecified atom stereocenters. The van der Waals surface area contributed by atoms with Crippen LogP contribution in [-0.4, -0.2) is 13.4 Å². The van der Waals surface area contributed by atoms with E-state index < -0.39 is 38.3 Å². The molecule has 1 N–H and O–H groups in total. The Morgan fingerprint density at radius 1 is 0.848 bits per heavy atom. The number of sulfonamides is 1. The Morgan fingerprint density at radius 2 is 1.52 bits per heavy atom. The Morgan fingerprint density at radius 3 is 2.21 bits per heavy atom. The number of benzene rings is 3. The monoisotopic (exact) mass is 496 g/mol. The molecule has 0 atom stereocenters. The Bertz CT molecular complexity index is 1430. The van der Waals surface area contributed by atoms with Gasteiger partial charge in [0.25, 0.3) is 10.0 Å². The topological polar surface area (TPSA) is 59.1 Å². The molecule has 3 aromatic carbocycles. The predicted octanol–water partition coefficient (Wildman–Crippen LogP) is 6.57. The first-order valence-electron chi connectivity index (χ1n) is 9.25. The van der Waals surface area contributed by atoms with Crippen LogP contribution < -0.4 is 4.72 Å². The highest BCUT2D eigenvalue weighted by Gasteiger charge is 2.35. The van der Waals surface area contributed by atoms with Crippen molar-refractivity contribution in [1.29, 1.82) is 0 Å². The van der Waals surface area contributed by atoms with E-state index in [0.717, 1.165) is 17.4 Å². The van der Waals surface area contributed by atoms with Crippen LogP contribution in [-0.2, 0) is 16.2 Å². The van der Waals surface area contributed by atoms with Gasteiger partial charge in [-0.2, -0.15) is 13.2 Å². The second-order valence-corrected chi connectivity index (χ2v) is 9.35. The lowest BCUT2D eigenvalue weighted by Gasteiger charge is -2.13. The second-order valence-electron chi connectivity index (χ2n) is 6.81. The summed E-state index contributed by atoms with van der Waals surface area (Å²) in [4.78, 5) is 3.62. The van der Waals surface area contributed by atoms with Crippen molar-refractivity contribution in [1.82, 2.24) is 4.98 Å². The lowest BCUT2D eigenvalue weighted by Crippen LogP contribution is -2.16. The maximum atomic E-state index is 14.1. The van der Waals surface area contributed by atoms with Gasteiger partial charge < -0.3 is 0 Å². The van der Waals surface area contributed by atoms with Crippen LogP contribution in [0.1, 0.15) is 5.56 Å². The van der Waals surface area contributed by atoms with Gasteiger partial charge in [0, 0.05) is 16.5 Å². The predicted molar refractivity (Wildman–Crippen MR) is 115 cm³/mol. The molecule has 0 amide bonds. The van der Waals surface area contributed by atoms with E-state index in [-0.39, 0.29) is 17.3 Å². The van der Waals surface area contributed by atoms with E-state index in [1.54, 1.807) is 29.6 Å². The van der Waals surface area contributed by atoms with Gasteiger partial charge in [-0.3, -0.25) is 4.72 Å². The van der Waals surface area contributed by atoms with Gasteiger partial charge in [0.15, 0.2) is 0 Å². The van der Waals surface area contributed by atoms with Crippen molar-refractivity contribution in [2.45, 2.75) is 11.1 Å². The van der Waals surface area contributed by atoms with Crippen molar-refractivity contribution in [3.05, 3.63) is 89.3 Å². The Hall–Kier alpha value is -3.31. The van der Waals surface area contributed by atoms with Crippen LogP contribution in [0.2, 0.25) is 0 Å². The normalized spacial score (nSPS) is 12.0. The van der Waals surface area contributed by atoms with E-state index in [2.05, 4.69) is 9.71 Å². The molecule has 0 aliphatic heterocycles. The number of thiazole rings is 1. The van der Waals surface area contributed by atoms with Crippen molar-refractivity contribution in [3.63, 3.8) is 0 Å². The third kappa shape index (κ3) is 4.74. The molecule has 1 aromatic heterocycles. The molecule has 170 valence electrons. The first kappa shape index (κ1) is 22.9. The zero-order chi connectivity index (χ0) is 23.8. The second kappa shape index (κ2) is 8.56. The standard InChI is InChI=1S/C22H13F5N2O2S2/c23-17-7-3-1-5-14(17)21-28-20(12-32-21)15-6-2-4-8-19(15)29-33(30,31)13-9-10-18(24)16(11-13)22(25,26)27/h1-12,29H. The van der Waals surface area contributed by atoms with E-state index in [9.17, 15) is 30.4 Å². The van der Waals surface area contributed by atoms with Crippen LogP contribution in [0.25, 0.3) is 21.8 Å². The van der Waals surface area contributed by atoms with E-state index in [0.29, 0.717) is 22.3 Å². The highest BCUT2D eigenvalue weighted by molar-refractivity contribution is 7.92. The molecule has 1 heterocycles. The van der Waals surface area contributed by atoms with Crippen LogP contribution >= 0.6 is 11.3 Å². The molecule has 0 spiro atoms. The minimum atomic E-state index is -5.06. The van der Waals surface area contributed by atoms with Gasteiger partial charge in [-0.15, -0.1) is 11.3 Å². The van der Waals surface area contributed by atoms with Crippen LogP contribution in [0, 0.1) is 11.6 Å². The lowest BCUT2D eigenvalue weighted by atomic mass is 10.1. The van der Waals surface area contributed by atoms with E-state index in [1.807, 2.05) is 0 Å². The van der Waals surface area contributed by atoms with E-state index in [1.165, 1.54) is 24.3 Å². The summed E-state index contributed by atoms with van der Waals surface area (Å²) < 4.78 is 94.5. The Labute approximate surface area is 189 Å². The minimum absolute atomic E-state index is 0.0424. The fraction of sp³-hybridized carbons (Fsp3) is 0.0455. The molecule has 0 bridgehead atoms. The highest BCUT2D eigenvalue weighted by Crippen LogP contribution is 2.36. The van der Waals surface area contributed by atoms with Gasteiger partial charge >= 0.3 is 6.18 Å². The number of anilines is 1. The summed E-state index contributed by atoms with van der Waals surface area (Å²) in [6.45, 7) is 0. The summed E-state index contributed by atoms with van der Waals surface area (Å²) in [5.74, 6) is -2.05. The average Bonchev–Trinajstić information content (AvgIpc) is 3.23. The van der Waals surface area contributed by atoms with Gasteiger partial charge in [-0.05, 0) is 36.4 Å². The number of hydrogen-bond acceptors (Lipinski definition) is 4. The molecular weight excluding hydrogens is 483 g/mol. The quantitative estimate of drug-likeness (QED) is 0.318. The Kier molecular flexibility index (Phi) is 5.93. The molecule has 0 aliphatic rings. The third-order valence-corrected chi connectivity index (χ3v) is 6.85. The summed E-state index contributed by atoms with van der Waals surface area (Å²) in [7, 11) is -4.50. The maximum Gasteiger partial charge on any atom is 0.419 e. The lowest BCUT2D eigenvalue weighted by molar-refractivity contribution is -0.140. The van der Waals surface area contributed by atoms with Gasteiger partial charge in [0.05, 0.1) is 21.8 Å². The van der Waals surface area contributed by atoms with Crippen LogP contribution in [0.15, 0.2) is 77.0 Å². The largest absolute Gasteiger partial charge is 0.419 e. The highest BCUT2D eigenvalue weighted by atomic mass is 32.2. The molecule has 0 aliphatic carbocycles. The first-order chi connectivity index (χ1) is 15.6. The van der Waals surface area contributed by atoms with Gasteiger partial charge in [-0.1, -0.05) is 30.3 Å². The zero-order valence-electron chi connectivity index (χ0n) is 16.4. The number of para-hydroxylation sites is 1. The summed E-state index contributed by atoms with van der Waals surface area (Å²) in [6, 6.07) is 13.6. The van der Waals surface area contributed by atoms with Crippen molar-refractivity contribution in [2.24, 2.45) is 0 Å². The van der Waals surface area contributed by atoms with Crippen molar-refractivity contribution in [3.8, 4) is 21.8 Å². The van der Waals surface area contributed by atoms with Gasteiger partial charge in [0.1, 0.15) is 16.6 Å². The summed E-state index contributed by atoms with van der Waals surface area (Å²) in [5.41, 5.74) is -0.698. The number of nitrogens with zero attached hydrogens (tertiary/aromatic N) is 1. The fourth-order valence-electron chi connectivity index (χ4n) is 3.04.